The number of ether oxygens (including phenoxy) is 1. The highest BCUT2D eigenvalue weighted by Gasteiger charge is 2.20. The zero-order valence-electron chi connectivity index (χ0n) is 17.7. The molecule has 3 N–H and O–H groups in total. The number of hydrogen-bond donors (Lipinski definition) is 2. The predicted molar refractivity (Wildman–Crippen MR) is 122 cm³/mol. The molecule has 0 bridgehead atoms. The lowest BCUT2D eigenvalue weighted by Gasteiger charge is -2.35. The van der Waals surface area contributed by atoms with E-state index in [-0.39, 0.29) is 12.5 Å². The first-order chi connectivity index (χ1) is 15.0. The van der Waals surface area contributed by atoms with Gasteiger partial charge in [-0.05, 0) is 40.6 Å². The molecule has 7 heteroatoms. The second-order valence-electron chi connectivity index (χ2n) is 7.96. The summed E-state index contributed by atoms with van der Waals surface area (Å²) >= 11 is 0. The smallest absolute Gasteiger partial charge is 0.219 e. The lowest BCUT2D eigenvalue weighted by atomic mass is 10.0. The summed E-state index contributed by atoms with van der Waals surface area (Å²) in [5, 5.41) is 12.5. The summed E-state index contributed by atoms with van der Waals surface area (Å²) in [6.07, 6.45) is 2.85. The third-order valence-electron chi connectivity index (χ3n) is 5.71. The SMILES string of the molecule is CC(=O)N1CCN(CC(O)COc2ccc3ccc(-c4cnccc4N)cc3c2)CC1. The van der Waals surface area contributed by atoms with E-state index in [4.69, 9.17) is 10.5 Å². The molecule has 2 heterocycles. The topological polar surface area (TPSA) is 91.9 Å². The first kappa shape index (κ1) is 21.1. The van der Waals surface area contributed by atoms with Crippen LogP contribution in [-0.4, -0.2) is 71.2 Å². The van der Waals surface area contributed by atoms with Crippen LogP contribution in [-0.2, 0) is 4.79 Å². The molecule has 1 amide bonds. The van der Waals surface area contributed by atoms with Gasteiger partial charge in [-0.1, -0.05) is 18.2 Å². The van der Waals surface area contributed by atoms with E-state index >= 15 is 0 Å². The van der Waals surface area contributed by atoms with Crippen molar-refractivity contribution in [3.8, 4) is 16.9 Å². The number of nitrogens with two attached hydrogens (primary N) is 1. The van der Waals surface area contributed by atoms with Crippen LogP contribution in [0.25, 0.3) is 21.9 Å². The van der Waals surface area contributed by atoms with Crippen LogP contribution in [0.15, 0.2) is 54.9 Å². The number of benzene rings is 2. The van der Waals surface area contributed by atoms with Crippen molar-refractivity contribution in [3.63, 3.8) is 0 Å². The van der Waals surface area contributed by atoms with Crippen molar-refractivity contribution in [2.45, 2.75) is 13.0 Å². The second kappa shape index (κ2) is 9.32. The molecule has 1 atom stereocenters. The molecule has 1 fully saturated rings. The third-order valence-corrected chi connectivity index (χ3v) is 5.71. The third kappa shape index (κ3) is 5.13. The van der Waals surface area contributed by atoms with Crippen LogP contribution < -0.4 is 10.5 Å². The lowest BCUT2D eigenvalue weighted by Crippen LogP contribution is -2.50. The van der Waals surface area contributed by atoms with Gasteiger partial charge in [0, 0.05) is 63.3 Å². The van der Waals surface area contributed by atoms with Gasteiger partial charge < -0.3 is 20.5 Å². The molecule has 0 spiro atoms. The van der Waals surface area contributed by atoms with E-state index in [2.05, 4.69) is 22.0 Å². The van der Waals surface area contributed by atoms with E-state index in [1.807, 2.05) is 29.2 Å². The van der Waals surface area contributed by atoms with Crippen molar-refractivity contribution in [3.05, 3.63) is 54.9 Å². The molecule has 1 aromatic heterocycles. The number of pyridine rings is 1. The van der Waals surface area contributed by atoms with Crippen LogP contribution in [0.2, 0.25) is 0 Å². The molecule has 1 aliphatic rings. The van der Waals surface area contributed by atoms with E-state index in [1.54, 1.807) is 25.4 Å². The van der Waals surface area contributed by atoms with Gasteiger partial charge in [0.25, 0.3) is 0 Å². The molecule has 2 aromatic carbocycles. The number of aromatic nitrogens is 1. The Bertz CT molecular complexity index is 1060. The number of piperazine rings is 1. The first-order valence-corrected chi connectivity index (χ1v) is 10.5. The Kier molecular flexibility index (Phi) is 6.34. The normalized spacial score (nSPS) is 15.7. The highest BCUT2D eigenvalue weighted by atomic mass is 16.5. The van der Waals surface area contributed by atoms with Crippen LogP contribution in [0.1, 0.15) is 6.92 Å². The molecule has 0 radical (unpaired) electrons. The van der Waals surface area contributed by atoms with Crippen LogP contribution in [0, 0.1) is 0 Å². The number of β-amino-alcohol motifs (C(OH)–C–C–N with tert-alkyl or cyclic N) is 1. The van der Waals surface area contributed by atoms with Crippen LogP contribution in [0.5, 0.6) is 5.75 Å². The van der Waals surface area contributed by atoms with Gasteiger partial charge in [-0.15, -0.1) is 0 Å². The van der Waals surface area contributed by atoms with Crippen molar-refractivity contribution < 1.29 is 14.6 Å². The second-order valence-corrected chi connectivity index (χ2v) is 7.96. The zero-order chi connectivity index (χ0) is 21.8. The number of aliphatic hydroxyl groups excluding tert-OH is 1. The van der Waals surface area contributed by atoms with Gasteiger partial charge in [-0.25, -0.2) is 0 Å². The quantitative estimate of drug-likeness (QED) is 0.636. The van der Waals surface area contributed by atoms with E-state index < -0.39 is 6.10 Å². The van der Waals surface area contributed by atoms with Crippen LogP contribution in [0.4, 0.5) is 5.69 Å². The Hall–Kier alpha value is -3.16. The fourth-order valence-electron chi connectivity index (χ4n) is 3.92. The fraction of sp³-hybridized carbons (Fsp3) is 0.333. The summed E-state index contributed by atoms with van der Waals surface area (Å²) in [4.78, 5) is 19.6. The molecule has 1 aliphatic heterocycles. The monoisotopic (exact) mass is 420 g/mol. The van der Waals surface area contributed by atoms with E-state index in [0.29, 0.717) is 31.1 Å². The number of rotatable bonds is 6. The Labute approximate surface area is 182 Å². The van der Waals surface area contributed by atoms with Crippen molar-refractivity contribution in [2.24, 2.45) is 0 Å². The van der Waals surface area contributed by atoms with Gasteiger partial charge in [0.2, 0.25) is 5.91 Å². The number of nitrogens with zero attached hydrogens (tertiary/aromatic N) is 3. The lowest BCUT2D eigenvalue weighted by molar-refractivity contribution is -0.130. The number of carbonyl (C=O) groups is 1. The maximum absolute atomic E-state index is 11.4. The number of hydrogen-bond acceptors (Lipinski definition) is 6. The number of amides is 1. The Morgan fingerprint density at radius 2 is 1.90 bits per heavy atom. The van der Waals surface area contributed by atoms with Gasteiger partial charge in [0.15, 0.2) is 0 Å². The number of carbonyl (C=O) groups excluding carboxylic acids is 1. The van der Waals surface area contributed by atoms with E-state index in [0.717, 1.165) is 35.0 Å². The Morgan fingerprint density at radius 3 is 2.65 bits per heavy atom. The molecule has 1 saturated heterocycles. The minimum Gasteiger partial charge on any atom is -0.491 e. The van der Waals surface area contributed by atoms with Crippen molar-refractivity contribution >= 4 is 22.4 Å². The maximum atomic E-state index is 11.4. The maximum Gasteiger partial charge on any atom is 0.219 e. The molecule has 0 aliphatic carbocycles. The molecule has 0 saturated carbocycles. The van der Waals surface area contributed by atoms with Gasteiger partial charge in [-0.3, -0.25) is 14.7 Å². The molecular weight excluding hydrogens is 392 g/mol. The standard InChI is InChI=1S/C24H28N4O3/c1-17(29)28-10-8-27(9-11-28)15-21(30)16-31-22-5-4-18-2-3-19(12-20(18)13-22)23-14-26-7-6-24(23)25/h2-7,12-14,21,30H,8-11,15-16H2,1H3,(H2,25,26). The van der Waals surface area contributed by atoms with Crippen molar-refractivity contribution in [1.82, 2.24) is 14.8 Å². The fourth-order valence-corrected chi connectivity index (χ4v) is 3.92. The molecule has 31 heavy (non-hydrogen) atoms. The van der Waals surface area contributed by atoms with Gasteiger partial charge in [0.1, 0.15) is 18.5 Å². The number of aliphatic hydroxyl groups is 1. The van der Waals surface area contributed by atoms with Gasteiger partial charge in [-0.2, -0.15) is 0 Å². The molecule has 162 valence electrons. The highest BCUT2D eigenvalue weighted by molar-refractivity contribution is 5.90. The molecule has 4 rings (SSSR count). The van der Waals surface area contributed by atoms with E-state index in [1.165, 1.54) is 0 Å². The van der Waals surface area contributed by atoms with Gasteiger partial charge >= 0.3 is 0 Å². The summed E-state index contributed by atoms with van der Waals surface area (Å²) in [5.74, 6) is 0.818. The average Bonchev–Trinajstić information content (AvgIpc) is 2.78. The average molecular weight is 421 g/mol. The van der Waals surface area contributed by atoms with Crippen molar-refractivity contribution in [2.75, 3.05) is 45.1 Å². The zero-order valence-corrected chi connectivity index (χ0v) is 17.7. The van der Waals surface area contributed by atoms with Gasteiger partial charge in [0.05, 0.1) is 0 Å². The molecular formula is C24H28N4O3. The Morgan fingerprint density at radius 1 is 1.13 bits per heavy atom. The summed E-state index contributed by atoms with van der Waals surface area (Å²) in [5.41, 5.74) is 8.68. The van der Waals surface area contributed by atoms with Crippen molar-refractivity contribution in [1.29, 1.82) is 0 Å². The van der Waals surface area contributed by atoms with E-state index in [9.17, 15) is 9.90 Å². The summed E-state index contributed by atoms with van der Waals surface area (Å²) in [7, 11) is 0. The number of nitrogen functional groups attached to an aromatic ring is 1. The number of anilines is 1. The minimum atomic E-state index is -0.596. The summed E-state index contributed by atoms with van der Waals surface area (Å²) in [6.45, 7) is 5.29. The number of fused-ring (bicyclic) bond motifs is 1. The minimum absolute atomic E-state index is 0.106. The molecule has 7 nitrogen and oxygen atoms in total. The predicted octanol–water partition coefficient (Wildman–Crippen LogP) is 2.39. The Balaban J connectivity index is 1.37. The summed E-state index contributed by atoms with van der Waals surface area (Å²) < 4.78 is 5.87. The largest absolute Gasteiger partial charge is 0.491 e. The molecule has 1 unspecified atom stereocenters. The van der Waals surface area contributed by atoms with Crippen LogP contribution in [0.3, 0.4) is 0 Å². The van der Waals surface area contributed by atoms with Crippen LogP contribution >= 0.6 is 0 Å². The first-order valence-electron chi connectivity index (χ1n) is 10.5. The molecule has 3 aromatic rings. The highest BCUT2D eigenvalue weighted by Crippen LogP contribution is 2.29. The summed E-state index contributed by atoms with van der Waals surface area (Å²) in [6, 6.07) is 13.8.